The molecule has 0 unspecified atom stereocenters. The van der Waals surface area contributed by atoms with Gasteiger partial charge in [0, 0.05) is 21.1 Å². The molecule has 2 aromatic rings. The zero-order chi connectivity index (χ0) is 14.7. The number of carbonyl (C=O) groups is 1. The van der Waals surface area contributed by atoms with Gasteiger partial charge in [-0.15, -0.1) is 11.3 Å². The van der Waals surface area contributed by atoms with Crippen molar-refractivity contribution in [1.82, 2.24) is 5.32 Å². The summed E-state index contributed by atoms with van der Waals surface area (Å²) in [7, 11) is 0. The van der Waals surface area contributed by atoms with Crippen LogP contribution in [0, 0.1) is 0 Å². The van der Waals surface area contributed by atoms with Gasteiger partial charge in [-0.1, -0.05) is 22.0 Å². The van der Waals surface area contributed by atoms with E-state index in [1.54, 1.807) is 0 Å². The van der Waals surface area contributed by atoms with Crippen molar-refractivity contribution in [3.63, 3.8) is 0 Å². The molecule has 0 aliphatic rings. The first-order chi connectivity index (χ1) is 9.49. The minimum atomic E-state index is -0.146. The van der Waals surface area contributed by atoms with Gasteiger partial charge in [-0.05, 0) is 26.0 Å². The summed E-state index contributed by atoms with van der Waals surface area (Å²) in [4.78, 5) is 12.7. The van der Waals surface area contributed by atoms with Crippen molar-refractivity contribution in [3.8, 4) is 0 Å². The monoisotopic (exact) mass is 356 g/mol. The minimum absolute atomic E-state index is 0.146. The van der Waals surface area contributed by atoms with E-state index in [1.165, 1.54) is 11.3 Å². The zero-order valence-corrected chi connectivity index (χ0v) is 13.8. The number of carbonyl (C=O) groups excluding carboxylic acids is 1. The van der Waals surface area contributed by atoms with E-state index < -0.39 is 0 Å². The van der Waals surface area contributed by atoms with Gasteiger partial charge >= 0.3 is 0 Å². The molecule has 0 aliphatic heterocycles. The van der Waals surface area contributed by atoms with E-state index in [9.17, 15) is 4.79 Å². The van der Waals surface area contributed by atoms with Crippen LogP contribution in [-0.2, 0) is 4.74 Å². The fraction of sp³-hybridized carbons (Fsp3) is 0.357. The first-order valence-electron chi connectivity index (χ1n) is 6.36. The van der Waals surface area contributed by atoms with E-state index in [2.05, 4.69) is 21.2 Å². The maximum absolute atomic E-state index is 12.1. The Morgan fingerprint density at radius 3 is 2.95 bits per heavy atom. The van der Waals surface area contributed by atoms with Crippen LogP contribution in [0.1, 0.15) is 23.5 Å². The molecule has 4 nitrogen and oxygen atoms in total. The van der Waals surface area contributed by atoms with E-state index in [1.807, 2.05) is 32.0 Å². The number of fused-ring (bicyclic) bond motifs is 1. The van der Waals surface area contributed by atoms with E-state index in [4.69, 9.17) is 10.5 Å². The lowest BCUT2D eigenvalue weighted by Gasteiger charge is -2.08. The Labute approximate surface area is 130 Å². The molecule has 6 heteroatoms. The van der Waals surface area contributed by atoms with Gasteiger partial charge in [0.2, 0.25) is 0 Å². The number of benzene rings is 1. The van der Waals surface area contributed by atoms with Crippen molar-refractivity contribution in [2.45, 2.75) is 20.0 Å². The van der Waals surface area contributed by atoms with Crippen molar-refractivity contribution >= 4 is 48.9 Å². The standard InChI is InChI=1S/C14H17BrN2O2S/c1-8(2)19-6-5-17-14(18)13-12(16)10-4-3-9(15)7-11(10)20-13/h3-4,7-8H,5-6,16H2,1-2H3,(H,17,18). The summed E-state index contributed by atoms with van der Waals surface area (Å²) < 4.78 is 7.36. The lowest BCUT2D eigenvalue weighted by atomic mass is 10.2. The summed E-state index contributed by atoms with van der Waals surface area (Å²) in [6.07, 6.45) is 0.165. The number of hydrogen-bond acceptors (Lipinski definition) is 4. The molecule has 0 atom stereocenters. The number of rotatable bonds is 5. The molecule has 0 bridgehead atoms. The molecule has 3 N–H and O–H groups in total. The average molecular weight is 357 g/mol. The molecule has 1 amide bonds. The Morgan fingerprint density at radius 2 is 2.25 bits per heavy atom. The molecule has 0 spiro atoms. The van der Waals surface area contributed by atoms with Gasteiger partial charge in [0.1, 0.15) is 4.88 Å². The number of hydrogen-bond donors (Lipinski definition) is 2. The van der Waals surface area contributed by atoms with Gasteiger partial charge in [0.05, 0.1) is 18.4 Å². The Kier molecular flexibility index (Phi) is 5.01. The Hall–Kier alpha value is -1.11. The lowest BCUT2D eigenvalue weighted by Crippen LogP contribution is -2.27. The van der Waals surface area contributed by atoms with E-state index in [0.717, 1.165) is 14.6 Å². The number of nitrogens with two attached hydrogens (primary N) is 1. The van der Waals surface area contributed by atoms with Crippen LogP contribution in [0.5, 0.6) is 0 Å². The van der Waals surface area contributed by atoms with Crippen LogP contribution in [0.25, 0.3) is 10.1 Å². The zero-order valence-electron chi connectivity index (χ0n) is 11.4. The molecular formula is C14H17BrN2O2S. The van der Waals surface area contributed by atoms with Crippen LogP contribution < -0.4 is 11.1 Å². The van der Waals surface area contributed by atoms with E-state index in [0.29, 0.717) is 23.7 Å². The lowest BCUT2D eigenvalue weighted by molar-refractivity contribution is 0.0748. The van der Waals surface area contributed by atoms with Crippen LogP contribution in [0.3, 0.4) is 0 Å². The molecule has 1 aromatic heterocycles. The summed E-state index contributed by atoms with van der Waals surface area (Å²) in [5, 5.41) is 3.74. The van der Waals surface area contributed by atoms with Crippen molar-refractivity contribution in [1.29, 1.82) is 0 Å². The number of nitrogens with one attached hydrogen (secondary N) is 1. The number of nitrogen functional groups attached to an aromatic ring is 1. The normalized spacial score (nSPS) is 11.2. The summed E-state index contributed by atoms with van der Waals surface area (Å²) in [6, 6.07) is 5.81. The second-order valence-corrected chi connectivity index (χ2v) is 6.63. The van der Waals surface area contributed by atoms with Crippen LogP contribution >= 0.6 is 27.3 Å². The smallest absolute Gasteiger partial charge is 0.263 e. The topological polar surface area (TPSA) is 64.3 Å². The van der Waals surface area contributed by atoms with Crippen LogP contribution in [-0.4, -0.2) is 25.2 Å². The number of thiophene rings is 1. The minimum Gasteiger partial charge on any atom is -0.397 e. The van der Waals surface area contributed by atoms with Crippen molar-refractivity contribution in [2.24, 2.45) is 0 Å². The quantitative estimate of drug-likeness (QED) is 0.806. The Bertz CT molecular complexity index is 625. The predicted molar refractivity (Wildman–Crippen MR) is 87.4 cm³/mol. The van der Waals surface area contributed by atoms with Gasteiger partial charge in [-0.2, -0.15) is 0 Å². The fourth-order valence-electron chi connectivity index (χ4n) is 1.80. The first kappa shape index (κ1) is 15.3. The molecule has 20 heavy (non-hydrogen) atoms. The SMILES string of the molecule is CC(C)OCCNC(=O)c1sc2cc(Br)ccc2c1N. The second-order valence-electron chi connectivity index (χ2n) is 4.66. The summed E-state index contributed by atoms with van der Waals surface area (Å²) in [5.41, 5.74) is 6.59. The highest BCUT2D eigenvalue weighted by Crippen LogP contribution is 2.35. The molecule has 2 rings (SSSR count). The van der Waals surface area contributed by atoms with Crippen molar-refractivity contribution in [3.05, 3.63) is 27.5 Å². The van der Waals surface area contributed by atoms with Crippen molar-refractivity contribution in [2.75, 3.05) is 18.9 Å². The third kappa shape index (κ3) is 3.50. The summed E-state index contributed by atoms with van der Waals surface area (Å²) in [6.45, 7) is 4.90. The molecule has 1 aromatic carbocycles. The maximum Gasteiger partial charge on any atom is 0.263 e. The highest BCUT2D eigenvalue weighted by atomic mass is 79.9. The molecule has 108 valence electrons. The van der Waals surface area contributed by atoms with Gasteiger partial charge < -0.3 is 15.8 Å². The van der Waals surface area contributed by atoms with Crippen LogP contribution in [0.2, 0.25) is 0 Å². The van der Waals surface area contributed by atoms with Crippen LogP contribution in [0.4, 0.5) is 5.69 Å². The molecule has 0 fully saturated rings. The van der Waals surface area contributed by atoms with Crippen molar-refractivity contribution < 1.29 is 9.53 Å². The largest absolute Gasteiger partial charge is 0.397 e. The first-order valence-corrected chi connectivity index (χ1v) is 7.97. The highest BCUT2D eigenvalue weighted by Gasteiger charge is 2.16. The molecule has 0 aliphatic carbocycles. The Balaban J connectivity index is 2.08. The maximum atomic E-state index is 12.1. The summed E-state index contributed by atoms with van der Waals surface area (Å²) in [5.74, 6) is -0.146. The van der Waals surface area contributed by atoms with E-state index >= 15 is 0 Å². The Morgan fingerprint density at radius 1 is 1.50 bits per heavy atom. The number of anilines is 1. The number of amides is 1. The average Bonchev–Trinajstić information content (AvgIpc) is 2.71. The molecule has 1 heterocycles. The molecule has 0 saturated heterocycles. The highest BCUT2D eigenvalue weighted by molar-refractivity contribution is 9.10. The van der Waals surface area contributed by atoms with Gasteiger partial charge in [-0.25, -0.2) is 0 Å². The number of ether oxygens (including phenoxy) is 1. The third-order valence-corrected chi connectivity index (χ3v) is 4.40. The van der Waals surface area contributed by atoms with E-state index in [-0.39, 0.29) is 12.0 Å². The van der Waals surface area contributed by atoms with Gasteiger partial charge in [-0.3, -0.25) is 4.79 Å². The number of halogens is 1. The molecular weight excluding hydrogens is 340 g/mol. The fourth-order valence-corrected chi connectivity index (χ4v) is 3.39. The summed E-state index contributed by atoms with van der Waals surface area (Å²) >= 11 is 4.82. The molecule has 0 saturated carbocycles. The van der Waals surface area contributed by atoms with Crippen LogP contribution in [0.15, 0.2) is 22.7 Å². The second kappa shape index (κ2) is 6.56. The predicted octanol–water partition coefficient (Wildman–Crippen LogP) is 3.40. The molecule has 0 radical (unpaired) electrons. The third-order valence-electron chi connectivity index (χ3n) is 2.74. The van der Waals surface area contributed by atoms with Gasteiger partial charge in [0.25, 0.3) is 5.91 Å². The van der Waals surface area contributed by atoms with Gasteiger partial charge in [0.15, 0.2) is 0 Å².